The van der Waals surface area contributed by atoms with Crippen molar-refractivity contribution in [3.63, 3.8) is 0 Å². The van der Waals surface area contributed by atoms with Crippen molar-refractivity contribution in [2.45, 2.75) is 56.3 Å². The molecule has 2 N–H and O–H groups in total. The van der Waals surface area contributed by atoms with Gasteiger partial charge in [-0.15, -0.1) is 0 Å². The van der Waals surface area contributed by atoms with Crippen LogP contribution in [-0.2, 0) is 26.3 Å². The summed E-state index contributed by atoms with van der Waals surface area (Å²) in [7, 11) is -3.59. The zero-order chi connectivity index (χ0) is 30.0. The van der Waals surface area contributed by atoms with Crippen LogP contribution >= 0.6 is 23.2 Å². The maximum absolute atomic E-state index is 14.3. The van der Waals surface area contributed by atoms with Gasteiger partial charge in [0.15, 0.2) is 12.4 Å². The molecule has 3 aromatic rings. The van der Waals surface area contributed by atoms with Gasteiger partial charge in [0, 0.05) is 39.8 Å². The van der Waals surface area contributed by atoms with Gasteiger partial charge in [0.2, 0.25) is 10.0 Å². The Morgan fingerprint density at radius 2 is 1.79 bits per heavy atom. The number of nitrogens with one attached hydrogen (secondary N) is 2. The van der Waals surface area contributed by atoms with E-state index in [0.717, 1.165) is 19.1 Å². The maximum atomic E-state index is 14.3. The highest BCUT2D eigenvalue weighted by Crippen LogP contribution is 2.47. The van der Waals surface area contributed by atoms with Gasteiger partial charge >= 0.3 is 0 Å². The van der Waals surface area contributed by atoms with Crippen LogP contribution in [0.1, 0.15) is 64.7 Å². The molecule has 42 heavy (non-hydrogen) atoms. The molecule has 1 saturated carbocycles. The summed E-state index contributed by atoms with van der Waals surface area (Å²) >= 11 is 12.9. The first-order chi connectivity index (χ1) is 20.0. The third-order valence-corrected chi connectivity index (χ3v) is 8.97. The molecule has 1 aliphatic heterocycles. The SMILES string of the molecule is CS(=O)(=O)N[C@H]1CCCC[C@@H]1N1C(=O)c2ccccc2[C@@H](C(=O)NOCc2cc[n+]([O-])cc2)[C@@H]1c1ccc(Cl)cc1Cl. The minimum absolute atomic E-state index is 0.00105. The Labute approximate surface area is 254 Å². The van der Waals surface area contributed by atoms with Gasteiger partial charge < -0.3 is 10.1 Å². The molecule has 0 unspecified atom stereocenters. The van der Waals surface area contributed by atoms with Gasteiger partial charge in [-0.05, 0) is 47.7 Å². The number of carbonyl (C=O) groups excluding carboxylic acids is 2. The van der Waals surface area contributed by atoms with E-state index >= 15 is 0 Å². The van der Waals surface area contributed by atoms with Crippen LogP contribution in [0.25, 0.3) is 0 Å². The normalized spacial score (nSPS) is 22.5. The molecule has 2 amide bonds. The number of hydroxylamine groups is 1. The largest absolute Gasteiger partial charge is 0.619 e. The lowest BCUT2D eigenvalue weighted by Gasteiger charge is -2.49. The Hall–Kier alpha value is -3.22. The van der Waals surface area contributed by atoms with E-state index in [-0.39, 0.29) is 17.5 Å². The molecule has 5 rings (SSSR count). The fourth-order valence-electron chi connectivity index (χ4n) is 5.92. The zero-order valence-corrected chi connectivity index (χ0v) is 25.0. The van der Waals surface area contributed by atoms with Gasteiger partial charge in [-0.25, -0.2) is 18.6 Å². The molecule has 13 heteroatoms. The molecule has 10 nitrogen and oxygen atoms in total. The summed E-state index contributed by atoms with van der Waals surface area (Å²) in [5, 5.41) is 12.0. The van der Waals surface area contributed by atoms with E-state index < -0.39 is 40.0 Å². The minimum Gasteiger partial charge on any atom is -0.619 e. The van der Waals surface area contributed by atoms with Crippen LogP contribution in [0.5, 0.6) is 0 Å². The second kappa shape index (κ2) is 12.6. The third-order valence-electron chi connectivity index (χ3n) is 7.67. The molecule has 1 fully saturated rings. The number of hydrogen-bond donors (Lipinski definition) is 2. The molecule has 2 heterocycles. The van der Waals surface area contributed by atoms with Gasteiger partial charge in [0.1, 0.15) is 6.61 Å². The van der Waals surface area contributed by atoms with E-state index in [1.807, 2.05) is 0 Å². The molecule has 0 bridgehead atoms. The second-order valence-corrected chi connectivity index (χ2v) is 13.2. The maximum Gasteiger partial charge on any atom is 0.255 e. The fourth-order valence-corrected chi connectivity index (χ4v) is 7.27. The molecule has 1 aliphatic carbocycles. The lowest BCUT2D eigenvalue weighted by Crippen LogP contribution is -2.59. The first-order valence-corrected chi connectivity index (χ1v) is 16.1. The van der Waals surface area contributed by atoms with Gasteiger partial charge in [-0.3, -0.25) is 14.4 Å². The number of pyridine rings is 1. The molecular weight excluding hydrogens is 603 g/mol. The van der Waals surface area contributed by atoms with Crippen LogP contribution in [0.2, 0.25) is 10.0 Å². The number of rotatable bonds is 8. The Kier molecular flexibility index (Phi) is 9.05. The van der Waals surface area contributed by atoms with Crippen LogP contribution in [0.15, 0.2) is 67.0 Å². The third kappa shape index (κ3) is 6.55. The number of halogens is 2. The average Bonchev–Trinajstić information content (AvgIpc) is 2.94. The molecule has 0 spiro atoms. The van der Waals surface area contributed by atoms with E-state index in [9.17, 15) is 23.2 Å². The van der Waals surface area contributed by atoms with Crippen molar-refractivity contribution in [1.82, 2.24) is 15.1 Å². The lowest BCUT2D eigenvalue weighted by molar-refractivity contribution is -0.605. The van der Waals surface area contributed by atoms with Crippen molar-refractivity contribution >= 4 is 45.0 Å². The van der Waals surface area contributed by atoms with Gasteiger partial charge in [-0.2, -0.15) is 4.73 Å². The lowest BCUT2D eigenvalue weighted by atomic mass is 9.76. The Morgan fingerprint density at radius 1 is 1.07 bits per heavy atom. The first kappa shape index (κ1) is 30.2. The Morgan fingerprint density at radius 3 is 2.50 bits per heavy atom. The van der Waals surface area contributed by atoms with Crippen molar-refractivity contribution in [1.29, 1.82) is 0 Å². The van der Waals surface area contributed by atoms with Crippen LogP contribution in [0, 0.1) is 5.21 Å². The molecule has 4 atom stereocenters. The number of sulfonamides is 1. The number of aromatic nitrogens is 1. The van der Waals surface area contributed by atoms with Crippen LogP contribution in [-0.4, -0.2) is 43.5 Å². The quantitative estimate of drug-likeness (QED) is 0.219. The van der Waals surface area contributed by atoms with E-state index in [0.29, 0.717) is 44.8 Å². The van der Waals surface area contributed by atoms with Crippen molar-refractivity contribution in [2.75, 3.05) is 6.26 Å². The van der Waals surface area contributed by atoms with E-state index in [2.05, 4.69) is 10.2 Å². The summed E-state index contributed by atoms with van der Waals surface area (Å²) in [5.74, 6) is -1.80. The predicted molar refractivity (Wildman–Crippen MR) is 157 cm³/mol. The standard InChI is InChI=1S/C29H30Cl2N4O6S/c1-42(39,40)33-24-8-4-5-9-25(24)35-27(22-11-10-19(30)16-23(22)31)26(20-6-2-3-7-21(20)29(35)37)28(36)32-41-17-18-12-14-34(38)15-13-18/h2-3,6-7,10-16,24-27,33H,4-5,8-9,17H2,1H3,(H,32,36)/t24-,25-,26+,27-/m0/s1. The highest BCUT2D eigenvalue weighted by Gasteiger charge is 2.49. The van der Waals surface area contributed by atoms with Crippen LogP contribution in [0.4, 0.5) is 0 Å². The smallest absolute Gasteiger partial charge is 0.255 e. The molecule has 2 aliphatic rings. The van der Waals surface area contributed by atoms with Crippen molar-refractivity contribution in [3.8, 4) is 0 Å². The molecule has 0 saturated heterocycles. The number of amides is 2. The van der Waals surface area contributed by atoms with Crippen molar-refractivity contribution in [2.24, 2.45) is 0 Å². The van der Waals surface area contributed by atoms with Gasteiger partial charge in [-0.1, -0.05) is 60.3 Å². The summed E-state index contributed by atoms with van der Waals surface area (Å²) < 4.78 is 28.0. The van der Waals surface area contributed by atoms with Crippen LogP contribution in [0.3, 0.4) is 0 Å². The van der Waals surface area contributed by atoms with Crippen LogP contribution < -0.4 is 14.9 Å². The number of benzene rings is 2. The first-order valence-electron chi connectivity index (χ1n) is 13.5. The summed E-state index contributed by atoms with van der Waals surface area (Å²) in [6, 6.07) is 12.9. The highest BCUT2D eigenvalue weighted by atomic mass is 35.5. The molecular formula is C29H30Cl2N4O6S. The number of carbonyl (C=O) groups is 2. The minimum atomic E-state index is -3.59. The van der Waals surface area contributed by atoms with Gasteiger partial charge in [0.05, 0.1) is 18.2 Å². The van der Waals surface area contributed by atoms with E-state index in [1.165, 1.54) is 12.4 Å². The highest BCUT2D eigenvalue weighted by molar-refractivity contribution is 7.88. The molecule has 2 aromatic carbocycles. The zero-order valence-electron chi connectivity index (χ0n) is 22.7. The summed E-state index contributed by atoms with van der Waals surface area (Å²) in [4.78, 5) is 35.5. The van der Waals surface area contributed by atoms with Crippen molar-refractivity contribution in [3.05, 3.63) is 104 Å². The fraction of sp³-hybridized carbons (Fsp3) is 0.345. The van der Waals surface area contributed by atoms with E-state index in [4.69, 9.17) is 28.0 Å². The average molecular weight is 634 g/mol. The number of hydrogen-bond acceptors (Lipinski definition) is 6. The number of fused-ring (bicyclic) bond motifs is 1. The topological polar surface area (TPSA) is 132 Å². The Balaban J connectivity index is 1.58. The predicted octanol–water partition coefficient (Wildman–Crippen LogP) is 4.02. The summed E-state index contributed by atoms with van der Waals surface area (Å²) in [5.41, 5.74) is 4.52. The molecule has 222 valence electrons. The molecule has 1 aromatic heterocycles. The van der Waals surface area contributed by atoms with Crippen molar-refractivity contribution < 1.29 is 27.6 Å². The monoisotopic (exact) mass is 632 g/mol. The summed E-state index contributed by atoms with van der Waals surface area (Å²) in [6.07, 6.45) is 6.37. The van der Waals surface area contributed by atoms with E-state index in [1.54, 1.807) is 59.5 Å². The molecule has 0 radical (unpaired) electrons. The number of nitrogens with zero attached hydrogens (tertiary/aromatic N) is 2. The van der Waals surface area contributed by atoms with Gasteiger partial charge in [0.25, 0.3) is 11.8 Å². The summed E-state index contributed by atoms with van der Waals surface area (Å²) in [6.45, 7) is -0.00105. The Bertz CT molecular complexity index is 1590. The second-order valence-electron chi connectivity index (χ2n) is 10.6.